The second-order valence-electron chi connectivity index (χ2n) is 5.17. The average molecular weight is 290 g/mol. The normalized spacial score (nSPS) is 12.4. The maximum atomic E-state index is 13.8. The Hall–Kier alpha value is -1.81. The lowest BCUT2D eigenvalue weighted by Crippen LogP contribution is -2.25. The monoisotopic (exact) mass is 290 g/mol. The van der Waals surface area contributed by atoms with Crippen LogP contribution in [0.4, 0.5) is 8.78 Å². The molecule has 0 spiro atoms. The van der Waals surface area contributed by atoms with Gasteiger partial charge in [-0.15, -0.1) is 0 Å². The van der Waals surface area contributed by atoms with Crippen molar-refractivity contribution in [2.45, 2.75) is 32.7 Å². The third-order valence-electron chi connectivity index (χ3n) is 3.40. The Bertz CT molecular complexity index is 579. The molecule has 0 saturated carbocycles. The van der Waals surface area contributed by atoms with Gasteiger partial charge in [-0.3, -0.25) is 4.98 Å². The summed E-state index contributed by atoms with van der Waals surface area (Å²) in [6.07, 6.45) is 2.92. The molecule has 1 heterocycles. The summed E-state index contributed by atoms with van der Waals surface area (Å²) in [6, 6.07) is 7.62. The molecule has 0 aliphatic rings. The molecule has 21 heavy (non-hydrogen) atoms. The number of nitrogens with one attached hydrogen (secondary N) is 1. The Morgan fingerprint density at radius 2 is 1.90 bits per heavy atom. The van der Waals surface area contributed by atoms with Gasteiger partial charge in [0.05, 0.1) is 11.7 Å². The molecule has 1 unspecified atom stereocenters. The molecular weight excluding hydrogens is 270 g/mol. The van der Waals surface area contributed by atoms with E-state index in [4.69, 9.17) is 0 Å². The molecule has 2 nitrogen and oxygen atoms in total. The number of pyridine rings is 1. The molecule has 1 aromatic heterocycles. The molecule has 0 aliphatic heterocycles. The van der Waals surface area contributed by atoms with Gasteiger partial charge in [-0.05, 0) is 56.1 Å². The van der Waals surface area contributed by atoms with E-state index in [1.54, 1.807) is 6.20 Å². The molecule has 0 radical (unpaired) electrons. The smallest absolute Gasteiger partial charge is 0.129 e. The molecule has 0 amide bonds. The van der Waals surface area contributed by atoms with Crippen molar-refractivity contribution < 1.29 is 8.78 Å². The van der Waals surface area contributed by atoms with E-state index >= 15 is 0 Å². The highest BCUT2D eigenvalue weighted by molar-refractivity contribution is 5.24. The standard InChI is InChI=1S/C17H20F2N2/c1-3-8-20-17(16-10-12(2)7-9-21-16)11-13-14(18)5-4-6-15(13)19/h4-7,9-10,17,20H,3,8,11H2,1-2H3. The fourth-order valence-corrected chi connectivity index (χ4v) is 2.28. The minimum atomic E-state index is -0.508. The molecule has 112 valence electrons. The van der Waals surface area contributed by atoms with Gasteiger partial charge in [0.2, 0.25) is 0 Å². The zero-order valence-corrected chi connectivity index (χ0v) is 12.4. The maximum Gasteiger partial charge on any atom is 0.129 e. The molecule has 2 rings (SSSR count). The summed E-state index contributed by atoms with van der Waals surface area (Å²) in [5, 5.41) is 3.32. The van der Waals surface area contributed by atoms with E-state index in [1.165, 1.54) is 18.2 Å². The van der Waals surface area contributed by atoms with Gasteiger partial charge in [-0.2, -0.15) is 0 Å². The number of aromatic nitrogens is 1. The third kappa shape index (κ3) is 4.08. The summed E-state index contributed by atoms with van der Waals surface area (Å²) in [5.74, 6) is -1.02. The lowest BCUT2D eigenvalue weighted by molar-refractivity contribution is 0.483. The fraction of sp³-hybridized carbons (Fsp3) is 0.353. The van der Waals surface area contributed by atoms with Gasteiger partial charge in [0.25, 0.3) is 0 Å². The molecule has 2 aromatic rings. The molecular formula is C17H20F2N2. The summed E-state index contributed by atoms with van der Waals surface area (Å²) in [7, 11) is 0. The van der Waals surface area contributed by atoms with Gasteiger partial charge in [-0.25, -0.2) is 8.78 Å². The van der Waals surface area contributed by atoms with Crippen LogP contribution >= 0.6 is 0 Å². The van der Waals surface area contributed by atoms with E-state index in [2.05, 4.69) is 17.2 Å². The maximum absolute atomic E-state index is 13.8. The molecule has 1 N–H and O–H groups in total. The van der Waals surface area contributed by atoms with Crippen LogP contribution in [0.25, 0.3) is 0 Å². The topological polar surface area (TPSA) is 24.9 Å². The van der Waals surface area contributed by atoms with Crippen molar-refractivity contribution in [3.05, 3.63) is 65.0 Å². The summed E-state index contributed by atoms with van der Waals surface area (Å²) in [4.78, 5) is 4.34. The van der Waals surface area contributed by atoms with Gasteiger partial charge >= 0.3 is 0 Å². The highest BCUT2D eigenvalue weighted by Gasteiger charge is 2.18. The summed E-state index contributed by atoms with van der Waals surface area (Å²) >= 11 is 0. The number of rotatable bonds is 6. The molecule has 0 bridgehead atoms. The minimum Gasteiger partial charge on any atom is -0.308 e. The van der Waals surface area contributed by atoms with Gasteiger partial charge in [0.15, 0.2) is 0 Å². The Balaban J connectivity index is 2.28. The average Bonchev–Trinajstić information content (AvgIpc) is 2.46. The lowest BCUT2D eigenvalue weighted by atomic mass is 10.0. The first-order valence-electron chi connectivity index (χ1n) is 7.20. The van der Waals surface area contributed by atoms with Gasteiger partial charge in [-0.1, -0.05) is 13.0 Å². The van der Waals surface area contributed by atoms with E-state index in [0.717, 1.165) is 24.2 Å². The second kappa shape index (κ2) is 7.27. The van der Waals surface area contributed by atoms with Crippen LogP contribution < -0.4 is 5.32 Å². The van der Waals surface area contributed by atoms with Crippen LogP contribution in [-0.2, 0) is 6.42 Å². The van der Waals surface area contributed by atoms with Crippen LogP contribution in [0.2, 0.25) is 0 Å². The van der Waals surface area contributed by atoms with Crippen LogP contribution in [0.1, 0.15) is 36.2 Å². The quantitative estimate of drug-likeness (QED) is 0.871. The minimum absolute atomic E-state index is 0.106. The highest BCUT2D eigenvalue weighted by atomic mass is 19.1. The van der Waals surface area contributed by atoms with Crippen LogP contribution in [0.3, 0.4) is 0 Å². The predicted molar refractivity (Wildman–Crippen MR) is 80.1 cm³/mol. The van der Waals surface area contributed by atoms with Crippen molar-refractivity contribution in [1.29, 1.82) is 0 Å². The van der Waals surface area contributed by atoms with Gasteiger partial charge in [0.1, 0.15) is 11.6 Å². The van der Waals surface area contributed by atoms with Crippen molar-refractivity contribution >= 4 is 0 Å². The number of halogens is 2. The second-order valence-corrected chi connectivity index (χ2v) is 5.17. The molecule has 1 atom stereocenters. The summed E-state index contributed by atoms with van der Waals surface area (Å²) in [6.45, 7) is 4.81. The summed E-state index contributed by atoms with van der Waals surface area (Å²) < 4.78 is 27.7. The zero-order chi connectivity index (χ0) is 15.2. The van der Waals surface area contributed by atoms with E-state index < -0.39 is 11.6 Å². The molecule has 4 heteroatoms. The van der Waals surface area contributed by atoms with E-state index in [-0.39, 0.29) is 18.0 Å². The van der Waals surface area contributed by atoms with Crippen molar-refractivity contribution in [3.8, 4) is 0 Å². The first-order chi connectivity index (χ1) is 10.1. The first kappa shape index (κ1) is 15.6. The van der Waals surface area contributed by atoms with Crippen LogP contribution in [0.15, 0.2) is 36.5 Å². The van der Waals surface area contributed by atoms with Gasteiger partial charge < -0.3 is 5.32 Å². The highest BCUT2D eigenvalue weighted by Crippen LogP contribution is 2.21. The molecule has 1 aromatic carbocycles. The number of aryl methyl sites for hydroxylation is 1. The predicted octanol–water partition coefficient (Wildman–Crippen LogP) is 3.95. The Labute approximate surface area is 124 Å². The zero-order valence-electron chi connectivity index (χ0n) is 12.4. The SMILES string of the molecule is CCCNC(Cc1c(F)cccc1F)c1cc(C)ccn1. The third-order valence-corrected chi connectivity index (χ3v) is 3.40. The Morgan fingerprint density at radius 3 is 2.52 bits per heavy atom. The number of benzene rings is 1. The van der Waals surface area contributed by atoms with Crippen LogP contribution in [0, 0.1) is 18.6 Å². The van der Waals surface area contributed by atoms with E-state index in [1.807, 2.05) is 19.1 Å². The van der Waals surface area contributed by atoms with Crippen molar-refractivity contribution in [2.75, 3.05) is 6.54 Å². The van der Waals surface area contributed by atoms with Crippen LogP contribution in [-0.4, -0.2) is 11.5 Å². The number of hydrogen-bond acceptors (Lipinski definition) is 2. The van der Waals surface area contributed by atoms with E-state index in [0.29, 0.717) is 0 Å². The van der Waals surface area contributed by atoms with Crippen molar-refractivity contribution in [2.24, 2.45) is 0 Å². The molecule has 0 aliphatic carbocycles. The molecule has 0 saturated heterocycles. The lowest BCUT2D eigenvalue weighted by Gasteiger charge is -2.19. The Morgan fingerprint density at radius 1 is 1.19 bits per heavy atom. The first-order valence-corrected chi connectivity index (χ1v) is 7.20. The van der Waals surface area contributed by atoms with Crippen molar-refractivity contribution in [3.63, 3.8) is 0 Å². The van der Waals surface area contributed by atoms with Crippen molar-refractivity contribution in [1.82, 2.24) is 10.3 Å². The largest absolute Gasteiger partial charge is 0.308 e. The van der Waals surface area contributed by atoms with E-state index in [9.17, 15) is 8.78 Å². The Kier molecular flexibility index (Phi) is 5.39. The van der Waals surface area contributed by atoms with Crippen LogP contribution in [0.5, 0.6) is 0 Å². The summed E-state index contributed by atoms with van der Waals surface area (Å²) in [5.41, 5.74) is 2.00. The number of hydrogen-bond donors (Lipinski definition) is 1. The number of nitrogens with zero attached hydrogens (tertiary/aromatic N) is 1. The fourth-order valence-electron chi connectivity index (χ4n) is 2.28. The van der Waals surface area contributed by atoms with Gasteiger partial charge in [0, 0.05) is 11.8 Å². The molecule has 0 fully saturated rings.